The molecular weight excluding hydrogens is 308 g/mol. The molecule has 0 saturated heterocycles. The zero-order chi connectivity index (χ0) is 15.5. The van der Waals surface area contributed by atoms with Crippen molar-refractivity contribution in [2.45, 2.75) is 24.3 Å². The topological polar surface area (TPSA) is 127 Å². The lowest BCUT2D eigenvalue weighted by atomic mass is 10.2. The Hall–Kier alpha value is -1.64. The maximum atomic E-state index is 12.1. The fraction of sp³-hybridized carbons (Fsp3) is 0.273. The number of benzene rings is 1. The quantitative estimate of drug-likeness (QED) is 0.706. The number of carbonyl (C=O) groups excluding carboxylic acids is 1. The first-order valence-corrected chi connectivity index (χ1v) is 7.33. The standard InChI is InChI=1S/C11H13ClN2O5S/c1-6(4-10(13)15)14-20(18,19)9-5-7(11(16)17)2-3-8(9)12/h2-3,5-6,14H,4H2,1H3,(H2,13,15)(H,16,17). The first-order chi connectivity index (χ1) is 9.13. The van der Waals surface area contributed by atoms with Crippen LogP contribution in [0, 0.1) is 0 Å². The van der Waals surface area contributed by atoms with Crippen LogP contribution in [0.2, 0.25) is 5.02 Å². The van der Waals surface area contributed by atoms with Gasteiger partial charge < -0.3 is 10.8 Å². The molecule has 7 nitrogen and oxygen atoms in total. The Bertz CT molecular complexity index is 644. The van der Waals surface area contributed by atoms with E-state index >= 15 is 0 Å². The van der Waals surface area contributed by atoms with Gasteiger partial charge in [0.1, 0.15) is 4.90 Å². The summed E-state index contributed by atoms with van der Waals surface area (Å²) in [5.41, 5.74) is 4.76. The molecule has 9 heteroatoms. The van der Waals surface area contributed by atoms with Crippen molar-refractivity contribution in [1.82, 2.24) is 4.72 Å². The van der Waals surface area contributed by atoms with Crippen molar-refractivity contribution in [2.75, 3.05) is 0 Å². The molecule has 0 heterocycles. The van der Waals surface area contributed by atoms with Crippen LogP contribution in [0.3, 0.4) is 0 Å². The van der Waals surface area contributed by atoms with Crippen LogP contribution >= 0.6 is 11.6 Å². The second-order valence-electron chi connectivity index (χ2n) is 4.14. The van der Waals surface area contributed by atoms with Gasteiger partial charge in [0.2, 0.25) is 15.9 Å². The van der Waals surface area contributed by atoms with Gasteiger partial charge in [0.05, 0.1) is 10.6 Å². The van der Waals surface area contributed by atoms with Crippen LogP contribution in [0.25, 0.3) is 0 Å². The Morgan fingerprint density at radius 3 is 2.55 bits per heavy atom. The number of halogens is 1. The molecule has 20 heavy (non-hydrogen) atoms. The van der Waals surface area contributed by atoms with Gasteiger partial charge in [-0.3, -0.25) is 4.79 Å². The fourth-order valence-corrected chi connectivity index (χ4v) is 3.28. The zero-order valence-electron chi connectivity index (χ0n) is 10.5. The van der Waals surface area contributed by atoms with Crippen molar-refractivity contribution in [2.24, 2.45) is 5.73 Å². The summed E-state index contributed by atoms with van der Waals surface area (Å²) in [6.45, 7) is 1.46. The highest BCUT2D eigenvalue weighted by molar-refractivity contribution is 7.89. The summed E-state index contributed by atoms with van der Waals surface area (Å²) in [5.74, 6) is -1.94. The Morgan fingerprint density at radius 1 is 1.45 bits per heavy atom. The summed E-state index contributed by atoms with van der Waals surface area (Å²) in [5, 5.41) is 8.73. The normalized spacial score (nSPS) is 12.9. The molecule has 1 rings (SSSR count). The predicted octanol–water partition coefficient (Wildman–Crippen LogP) is 0.580. The molecule has 1 amide bonds. The third-order valence-electron chi connectivity index (χ3n) is 2.33. The van der Waals surface area contributed by atoms with Crippen molar-refractivity contribution in [3.63, 3.8) is 0 Å². The molecule has 110 valence electrons. The Morgan fingerprint density at radius 2 is 2.05 bits per heavy atom. The van der Waals surface area contributed by atoms with Gasteiger partial charge in [0.15, 0.2) is 0 Å². The minimum atomic E-state index is -4.04. The van der Waals surface area contributed by atoms with Crippen LogP contribution in [0.5, 0.6) is 0 Å². The molecule has 1 unspecified atom stereocenters. The number of aromatic carboxylic acids is 1. The molecule has 1 atom stereocenters. The number of rotatable bonds is 6. The highest BCUT2D eigenvalue weighted by Gasteiger charge is 2.22. The summed E-state index contributed by atoms with van der Waals surface area (Å²) >= 11 is 5.77. The molecule has 0 spiro atoms. The van der Waals surface area contributed by atoms with Crippen molar-refractivity contribution in [3.05, 3.63) is 28.8 Å². The molecule has 0 fully saturated rings. The summed E-state index contributed by atoms with van der Waals surface area (Å²) in [7, 11) is -4.04. The van der Waals surface area contributed by atoms with Crippen LogP contribution < -0.4 is 10.5 Å². The molecule has 0 aliphatic carbocycles. The van der Waals surface area contributed by atoms with Crippen LogP contribution in [-0.2, 0) is 14.8 Å². The van der Waals surface area contributed by atoms with E-state index in [2.05, 4.69) is 4.72 Å². The summed E-state index contributed by atoms with van der Waals surface area (Å²) in [4.78, 5) is 21.2. The molecule has 0 aliphatic heterocycles. The highest BCUT2D eigenvalue weighted by atomic mass is 35.5. The van der Waals surface area contributed by atoms with Gasteiger partial charge >= 0.3 is 5.97 Å². The molecule has 4 N–H and O–H groups in total. The van der Waals surface area contributed by atoms with Crippen molar-refractivity contribution >= 4 is 33.5 Å². The van der Waals surface area contributed by atoms with Gasteiger partial charge in [-0.05, 0) is 25.1 Å². The highest BCUT2D eigenvalue weighted by Crippen LogP contribution is 2.23. The van der Waals surface area contributed by atoms with Crippen molar-refractivity contribution < 1.29 is 23.1 Å². The maximum Gasteiger partial charge on any atom is 0.335 e. The van der Waals surface area contributed by atoms with Gasteiger partial charge in [0, 0.05) is 12.5 Å². The maximum absolute atomic E-state index is 12.1. The second kappa shape index (κ2) is 6.21. The summed E-state index contributed by atoms with van der Waals surface area (Å²) < 4.78 is 26.4. The number of carboxylic acid groups (broad SMARTS) is 1. The third kappa shape index (κ3) is 4.19. The number of primary amides is 1. The van der Waals surface area contributed by atoms with Crippen LogP contribution in [0.1, 0.15) is 23.7 Å². The van der Waals surface area contributed by atoms with E-state index in [0.29, 0.717) is 0 Å². The largest absolute Gasteiger partial charge is 0.478 e. The van der Waals surface area contributed by atoms with Gasteiger partial charge in [-0.1, -0.05) is 11.6 Å². The lowest BCUT2D eigenvalue weighted by Crippen LogP contribution is -2.35. The second-order valence-corrected chi connectivity index (χ2v) is 6.23. The molecule has 0 aromatic heterocycles. The van der Waals surface area contributed by atoms with Crippen molar-refractivity contribution in [3.8, 4) is 0 Å². The van der Waals surface area contributed by atoms with Crippen molar-refractivity contribution in [1.29, 1.82) is 0 Å². The number of hydrogen-bond donors (Lipinski definition) is 3. The number of nitrogens with two attached hydrogens (primary N) is 1. The van der Waals surface area contributed by atoms with Crippen LogP contribution in [-0.4, -0.2) is 31.4 Å². The number of amides is 1. The molecule has 1 aromatic rings. The predicted molar refractivity (Wildman–Crippen MR) is 72.0 cm³/mol. The first-order valence-electron chi connectivity index (χ1n) is 5.47. The molecule has 0 radical (unpaired) electrons. The van der Waals surface area contributed by atoms with Crippen LogP contribution in [0.15, 0.2) is 23.1 Å². The van der Waals surface area contributed by atoms with Crippen LogP contribution in [0.4, 0.5) is 0 Å². The molecule has 0 aliphatic rings. The Kier molecular flexibility index (Phi) is 5.09. The van der Waals surface area contributed by atoms with E-state index in [1.165, 1.54) is 19.1 Å². The summed E-state index contributed by atoms with van der Waals surface area (Å²) in [6.07, 6.45) is -0.185. The van der Waals surface area contributed by atoms with E-state index in [0.717, 1.165) is 6.07 Å². The number of sulfonamides is 1. The lowest BCUT2D eigenvalue weighted by Gasteiger charge is -2.13. The number of nitrogens with one attached hydrogen (secondary N) is 1. The molecule has 0 saturated carbocycles. The molecular formula is C11H13ClN2O5S. The third-order valence-corrected chi connectivity index (χ3v) is 4.40. The first kappa shape index (κ1) is 16.4. The van der Waals surface area contributed by atoms with E-state index in [1.54, 1.807) is 0 Å². The average Bonchev–Trinajstić information content (AvgIpc) is 2.26. The van der Waals surface area contributed by atoms with Gasteiger partial charge in [0.25, 0.3) is 0 Å². The summed E-state index contributed by atoms with van der Waals surface area (Å²) in [6, 6.07) is 2.58. The lowest BCUT2D eigenvalue weighted by molar-refractivity contribution is -0.118. The zero-order valence-corrected chi connectivity index (χ0v) is 12.0. The van der Waals surface area contributed by atoms with Gasteiger partial charge in [-0.2, -0.15) is 0 Å². The van der Waals surface area contributed by atoms with E-state index in [-0.39, 0.29) is 21.9 Å². The fourth-order valence-electron chi connectivity index (χ4n) is 1.51. The van der Waals surface area contributed by atoms with E-state index in [4.69, 9.17) is 22.4 Å². The van der Waals surface area contributed by atoms with Gasteiger partial charge in [-0.25, -0.2) is 17.9 Å². The number of carboxylic acids is 1. The average molecular weight is 321 g/mol. The Balaban J connectivity index is 3.12. The SMILES string of the molecule is CC(CC(N)=O)NS(=O)(=O)c1cc(C(=O)O)ccc1Cl. The molecule has 0 bridgehead atoms. The van der Waals surface area contributed by atoms with E-state index in [1.807, 2.05) is 0 Å². The minimum Gasteiger partial charge on any atom is -0.478 e. The number of carbonyl (C=O) groups is 2. The van der Waals surface area contributed by atoms with E-state index < -0.39 is 27.9 Å². The molecule has 1 aromatic carbocycles. The monoisotopic (exact) mass is 320 g/mol. The number of hydrogen-bond acceptors (Lipinski definition) is 4. The van der Waals surface area contributed by atoms with E-state index in [9.17, 15) is 18.0 Å². The smallest absolute Gasteiger partial charge is 0.335 e. The van der Waals surface area contributed by atoms with Gasteiger partial charge in [-0.15, -0.1) is 0 Å². The minimum absolute atomic E-state index is 0.117. The Labute approximate surface area is 120 Å².